The molecule has 0 spiro atoms. The van der Waals surface area contributed by atoms with Crippen LogP contribution >= 0.6 is 11.6 Å². The van der Waals surface area contributed by atoms with Crippen molar-refractivity contribution in [1.82, 2.24) is 24.3 Å². The molecule has 5 aromatic rings. The van der Waals surface area contributed by atoms with Crippen LogP contribution in [0.5, 0.6) is 0 Å². The first-order chi connectivity index (χ1) is 16.4. The third-order valence-corrected chi connectivity index (χ3v) is 5.14. The Morgan fingerprint density at radius 3 is 2.76 bits per heavy atom. The summed E-state index contributed by atoms with van der Waals surface area (Å²) in [6, 6.07) is 12.6. The van der Waals surface area contributed by atoms with E-state index in [2.05, 4.69) is 20.6 Å². The second-order valence-corrected chi connectivity index (χ2v) is 7.57. The summed E-state index contributed by atoms with van der Waals surface area (Å²) in [5.41, 5.74) is 0.639. The number of nitrogens with zero attached hydrogens (tertiary/aromatic N) is 5. The number of pyridine rings is 1. The van der Waals surface area contributed by atoms with Crippen LogP contribution in [0.25, 0.3) is 28.5 Å². The van der Waals surface area contributed by atoms with Crippen LogP contribution in [0.2, 0.25) is 5.02 Å². The van der Waals surface area contributed by atoms with Crippen molar-refractivity contribution in [1.29, 1.82) is 0 Å². The highest BCUT2D eigenvalue weighted by Crippen LogP contribution is 2.25. The van der Waals surface area contributed by atoms with Gasteiger partial charge >= 0.3 is 5.69 Å². The van der Waals surface area contributed by atoms with Crippen molar-refractivity contribution in [3.63, 3.8) is 0 Å². The number of rotatable bonds is 5. The van der Waals surface area contributed by atoms with Crippen LogP contribution in [0.15, 0.2) is 70.1 Å². The van der Waals surface area contributed by atoms with Crippen molar-refractivity contribution in [3.05, 3.63) is 87.9 Å². The number of amides is 1. The maximum atomic E-state index is 13.5. The van der Waals surface area contributed by atoms with E-state index < -0.39 is 29.8 Å². The molecule has 0 saturated heterocycles. The van der Waals surface area contributed by atoms with Crippen molar-refractivity contribution in [2.24, 2.45) is 0 Å². The molecule has 5 rings (SSSR count). The van der Waals surface area contributed by atoms with Crippen molar-refractivity contribution in [3.8, 4) is 22.8 Å². The number of carbonyl (C=O) groups is 1. The molecule has 34 heavy (non-hydrogen) atoms. The third kappa shape index (κ3) is 4.04. The molecule has 9 nitrogen and oxygen atoms in total. The quantitative estimate of drug-likeness (QED) is 0.408. The number of benzene rings is 2. The van der Waals surface area contributed by atoms with Crippen LogP contribution in [-0.4, -0.2) is 30.2 Å². The van der Waals surface area contributed by atoms with Crippen molar-refractivity contribution in [2.75, 3.05) is 5.32 Å². The minimum atomic E-state index is -0.620. The first-order valence-corrected chi connectivity index (χ1v) is 10.2. The van der Waals surface area contributed by atoms with Crippen LogP contribution in [0.4, 0.5) is 14.5 Å². The van der Waals surface area contributed by atoms with E-state index in [1.807, 2.05) is 0 Å². The van der Waals surface area contributed by atoms with Gasteiger partial charge in [-0.1, -0.05) is 28.9 Å². The van der Waals surface area contributed by atoms with Gasteiger partial charge in [-0.15, -0.1) is 5.10 Å². The van der Waals surface area contributed by atoms with Gasteiger partial charge in [-0.2, -0.15) is 4.98 Å². The molecule has 3 aromatic heterocycles. The number of nitrogens with one attached hydrogen (secondary N) is 1. The molecule has 0 aliphatic carbocycles. The van der Waals surface area contributed by atoms with Gasteiger partial charge in [0.2, 0.25) is 11.7 Å². The molecule has 3 heterocycles. The smallest absolute Gasteiger partial charge is 0.333 e. The van der Waals surface area contributed by atoms with Gasteiger partial charge in [-0.25, -0.2) is 22.7 Å². The highest BCUT2D eigenvalue weighted by molar-refractivity contribution is 6.31. The van der Waals surface area contributed by atoms with E-state index in [4.69, 9.17) is 16.1 Å². The largest absolute Gasteiger partial charge is 0.350 e. The average molecular weight is 483 g/mol. The van der Waals surface area contributed by atoms with Crippen molar-refractivity contribution < 1.29 is 18.1 Å². The van der Waals surface area contributed by atoms with Crippen LogP contribution in [0.1, 0.15) is 0 Å². The summed E-state index contributed by atoms with van der Waals surface area (Å²) in [4.78, 5) is 29.5. The van der Waals surface area contributed by atoms with Crippen molar-refractivity contribution in [2.45, 2.75) is 6.54 Å². The highest BCUT2D eigenvalue weighted by Gasteiger charge is 2.19. The second kappa shape index (κ2) is 8.52. The number of fused-ring (bicyclic) bond motifs is 1. The van der Waals surface area contributed by atoms with Crippen LogP contribution in [-0.2, 0) is 11.3 Å². The van der Waals surface area contributed by atoms with E-state index in [9.17, 15) is 18.4 Å². The van der Waals surface area contributed by atoms with Gasteiger partial charge in [0.05, 0.1) is 10.6 Å². The van der Waals surface area contributed by atoms with Gasteiger partial charge in [-0.05, 0) is 42.5 Å². The highest BCUT2D eigenvalue weighted by atomic mass is 35.5. The number of hydrogen-bond acceptors (Lipinski definition) is 6. The molecule has 0 aliphatic heterocycles. The van der Waals surface area contributed by atoms with Gasteiger partial charge < -0.3 is 9.84 Å². The van der Waals surface area contributed by atoms with Crippen LogP contribution < -0.4 is 11.0 Å². The van der Waals surface area contributed by atoms with E-state index in [1.54, 1.807) is 18.2 Å². The van der Waals surface area contributed by atoms with Gasteiger partial charge in [-0.3, -0.25) is 4.79 Å². The predicted octanol–water partition coefficient (Wildman–Crippen LogP) is 3.78. The Balaban J connectivity index is 1.44. The molecule has 0 aliphatic rings. The zero-order valence-electron chi connectivity index (χ0n) is 17.1. The summed E-state index contributed by atoms with van der Waals surface area (Å²) in [6.07, 6.45) is 1.48. The Morgan fingerprint density at radius 2 is 1.97 bits per heavy atom. The second-order valence-electron chi connectivity index (χ2n) is 7.17. The standard InChI is InChI=1S/C22H13ClF2N6O3/c23-16-10-14(6-7-17(16)25)26-18(32)11-31-22(33)30-8-2-5-15(20(30)28-31)21-27-19(29-34-21)12-3-1-4-13(24)9-12/h1-10H,11H2,(H,26,32). The fraction of sp³-hybridized carbons (Fsp3) is 0.0455. The molecule has 0 bridgehead atoms. The predicted molar refractivity (Wildman–Crippen MR) is 118 cm³/mol. The Morgan fingerprint density at radius 1 is 1.12 bits per heavy atom. The molecule has 1 amide bonds. The normalized spacial score (nSPS) is 11.1. The first kappa shape index (κ1) is 21.5. The molecule has 12 heteroatoms. The Labute approximate surface area is 194 Å². The maximum Gasteiger partial charge on any atom is 0.350 e. The SMILES string of the molecule is O=C(Cn1nc2c(-c3nc(-c4cccc(F)c4)no3)cccn2c1=O)Nc1ccc(F)c(Cl)c1. The summed E-state index contributed by atoms with van der Waals surface area (Å²) >= 11 is 5.72. The van der Waals surface area contributed by atoms with E-state index in [-0.39, 0.29) is 28.1 Å². The van der Waals surface area contributed by atoms with E-state index >= 15 is 0 Å². The van der Waals surface area contributed by atoms with E-state index in [0.29, 0.717) is 11.1 Å². The summed E-state index contributed by atoms with van der Waals surface area (Å²) in [5, 5.41) is 10.5. The van der Waals surface area contributed by atoms with Crippen LogP contribution in [0, 0.1) is 11.6 Å². The molecular weight excluding hydrogens is 470 g/mol. The molecule has 0 radical (unpaired) electrons. The molecule has 0 atom stereocenters. The lowest BCUT2D eigenvalue weighted by atomic mass is 10.2. The van der Waals surface area contributed by atoms with Gasteiger partial charge in [0.25, 0.3) is 5.89 Å². The Bertz CT molecular complexity index is 1610. The fourth-order valence-corrected chi connectivity index (χ4v) is 3.48. The van der Waals surface area contributed by atoms with Gasteiger partial charge in [0.1, 0.15) is 18.2 Å². The third-order valence-electron chi connectivity index (χ3n) is 4.85. The van der Waals surface area contributed by atoms with Gasteiger partial charge in [0.15, 0.2) is 5.65 Å². The molecule has 0 fully saturated rings. The number of anilines is 1. The summed E-state index contributed by atoms with van der Waals surface area (Å²) < 4.78 is 34.3. The maximum absolute atomic E-state index is 13.5. The Hall–Kier alpha value is -4.38. The summed E-state index contributed by atoms with van der Waals surface area (Å²) in [6.45, 7) is -0.409. The van der Waals surface area contributed by atoms with Crippen molar-refractivity contribution >= 4 is 28.8 Å². The molecule has 170 valence electrons. The number of halogens is 3. The monoisotopic (exact) mass is 482 g/mol. The number of hydrogen-bond donors (Lipinski definition) is 1. The lowest BCUT2D eigenvalue weighted by molar-refractivity contribution is -0.117. The number of aromatic nitrogens is 5. The van der Waals surface area contributed by atoms with Crippen LogP contribution in [0.3, 0.4) is 0 Å². The zero-order chi connectivity index (χ0) is 23.8. The summed E-state index contributed by atoms with van der Waals surface area (Å²) in [5.74, 6) is -1.41. The van der Waals surface area contributed by atoms with Gasteiger partial charge in [0, 0.05) is 17.4 Å². The molecule has 1 N–H and O–H groups in total. The molecule has 2 aromatic carbocycles. The fourth-order valence-electron chi connectivity index (χ4n) is 3.30. The molecule has 0 unspecified atom stereocenters. The minimum absolute atomic E-state index is 0.0624. The zero-order valence-corrected chi connectivity index (χ0v) is 17.8. The topological polar surface area (TPSA) is 107 Å². The minimum Gasteiger partial charge on any atom is -0.333 e. The molecule has 0 saturated carbocycles. The molecular formula is C22H13ClF2N6O3. The lowest BCUT2D eigenvalue weighted by Crippen LogP contribution is -2.28. The Kier molecular flexibility index (Phi) is 5.38. The summed E-state index contributed by atoms with van der Waals surface area (Å²) in [7, 11) is 0. The average Bonchev–Trinajstić information content (AvgIpc) is 3.42. The lowest BCUT2D eigenvalue weighted by Gasteiger charge is -2.05. The number of carbonyl (C=O) groups excluding carboxylic acids is 1. The first-order valence-electron chi connectivity index (χ1n) is 9.82. The van der Waals surface area contributed by atoms with E-state index in [0.717, 1.165) is 10.7 Å². The van der Waals surface area contributed by atoms with E-state index in [1.165, 1.54) is 40.9 Å².